The molecule has 0 bridgehead atoms. The van der Waals surface area contributed by atoms with Crippen LogP contribution >= 0.6 is 31.9 Å². The van der Waals surface area contributed by atoms with Crippen molar-refractivity contribution < 1.29 is 15.0 Å². The number of phenols is 1. The molecule has 5 nitrogen and oxygen atoms in total. The molecule has 0 aliphatic heterocycles. The van der Waals surface area contributed by atoms with Crippen molar-refractivity contribution in [3.8, 4) is 5.75 Å². The molecule has 2 aromatic carbocycles. The van der Waals surface area contributed by atoms with Crippen molar-refractivity contribution in [2.45, 2.75) is 51.3 Å². The van der Waals surface area contributed by atoms with E-state index in [1.54, 1.807) is 25.1 Å². The Balaban J connectivity index is 1.55. The van der Waals surface area contributed by atoms with E-state index in [0.29, 0.717) is 23.7 Å². The highest BCUT2D eigenvalue weighted by Gasteiger charge is 2.31. The van der Waals surface area contributed by atoms with Crippen molar-refractivity contribution >= 4 is 43.3 Å². The molecular formula is C22H26Br2N2O3. The molecule has 5 N–H and O–H groups in total. The molecular weight excluding hydrogens is 500 g/mol. The smallest absolute Gasteiger partial charge is 0.168 e. The van der Waals surface area contributed by atoms with E-state index in [0.717, 1.165) is 45.9 Å². The quantitative estimate of drug-likeness (QED) is 0.408. The first-order valence-electron chi connectivity index (χ1n) is 9.75. The molecule has 1 aliphatic rings. The second-order valence-corrected chi connectivity index (χ2v) is 9.46. The molecule has 29 heavy (non-hydrogen) atoms. The summed E-state index contributed by atoms with van der Waals surface area (Å²) in [5.74, 6) is -0.215. The number of Topliss-reactive ketones (excluding diaryl/α,β-unsaturated/α-hetero) is 1. The molecule has 7 heteroatoms. The van der Waals surface area contributed by atoms with Crippen molar-refractivity contribution in [3.63, 3.8) is 0 Å². The summed E-state index contributed by atoms with van der Waals surface area (Å²) in [5.41, 5.74) is 8.95. The molecule has 156 valence electrons. The monoisotopic (exact) mass is 524 g/mol. The van der Waals surface area contributed by atoms with Gasteiger partial charge in [-0.3, -0.25) is 4.79 Å². The number of hydrogen-bond donors (Lipinski definition) is 4. The summed E-state index contributed by atoms with van der Waals surface area (Å²) >= 11 is 6.96. The third-order valence-electron chi connectivity index (χ3n) is 5.80. The van der Waals surface area contributed by atoms with Gasteiger partial charge < -0.3 is 21.3 Å². The Morgan fingerprint density at radius 3 is 2.62 bits per heavy atom. The van der Waals surface area contributed by atoms with Gasteiger partial charge in [0, 0.05) is 27.4 Å². The maximum absolute atomic E-state index is 12.8. The Bertz CT molecular complexity index is 896. The Kier molecular flexibility index (Phi) is 7.37. The van der Waals surface area contributed by atoms with Crippen molar-refractivity contribution in [2.24, 2.45) is 5.92 Å². The Morgan fingerprint density at radius 1 is 1.24 bits per heavy atom. The summed E-state index contributed by atoms with van der Waals surface area (Å²) in [7, 11) is 0. The zero-order chi connectivity index (χ0) is 21.1. The standard InChI is InChI=1S/C22H26Br2N2O3/c1-12-17(3-2-4-19(12)27)22(29)21(28)13-5-7-16(8-6-13)26-11-14-9-15(23)10-18(24)20(14)25/h2-4,9-10,13,16,22,26-27,29H,5-8,11,25H2,1H3/t13-,16-,22?. The second-order valence-electron chi connectivity index (χ2n) is 7.69. The number of phenolic OH excluding ortho intramolecular Hbond substituents is 1. The summed E-state index contributed by atoms with van der Waals surface area (Å²) in [4.78, 5) is 12.8. The molecule has 1 fully saturated rings. The van der Waals surface area contributed by atoms with Gasteiger partial charge in [-0.15, -0.1) is 0 Å². The van der Waals surface area contributed by atoms with Crippen LogP contribution in [0.1, 0.15) is 48.5 Å². The number of carbonyl (C=O) groups is 1. The Labute approximate surface area is 188 Å². The lowest BCUT2D eigenvalue weighted by molar-refractivity contribution is -0.132. The van der Waals surface area contributed by atoms with Crippen molar-refractivity contribution in [3.05, 3.63) is 56.0 Å². The van der Waals surface area contributed by atoms with E-state index in [2.05, 4.69) is 37.2 Å². The van der Waals surface area contributed by atoms with Gasteiger partial charge in [0.05, 0.1) is 5.69 Å². The topological polar surface area (TPSA) is 95.6 Å². The van der Waals surface area contributed by atoms with Crippen LogP contribution in [0.4, 0.5) is 5.69 Å². The number of anilines is 1. The molecule has 0 amide bonds. The molecule has 1 atom stereocenters. The zero-order valence-corrected chi connectivity index (χ0v) is 19.5. The largest absolute Gasteiger partial charge is 0.508 e. The number of aliphatic hydroxyl groups is 1. The second kappa shape index (κ2) is 9.60. The minimum Gasteiger partial charge on any atom is -0.508 e. The molecule has 0 spiro atoms. The van der Waals surface area contributed by atoms with Crippen LogP contribution in [-0.2, 0) is 11.3 Å². The van der Waals surface area contributed by atoms with Crippen LogP contribution in [0.5, 0.6) is 5.75 Å². The lowest BCUT2D eigenvalue weighted by atomic mass is 9.80. The van der Waals surface area contributed by atoms with Crippen molar-refractivity contribution in [1.29, 1.82) is 0 Å². The minimum absolute atomic E-state index is 0.0979. The molecule has 2 aromatic rings. The fourth-order valence-corrected chi connectivity index (χ4v) is 5.25. The lowest BCUT2D eigenvalue weighted by Gasteiger charge is -2.30. The third-order valence-corrected chi connectivity index (χ3v) is 6.92. The van der Waals surface area contributed by atoms with Gasteiger partial charge in [-0.25, -0.2) is 0 Å². The minimum atomic E-state index is -1.18. The number of rotatable bonds is 6. The fourth-order valence-electron chi connectivity index (χ4n) is 3.93. The van der Waals surface area contributed by atoms with Gasteiger partial charge >= 0.3 is 0 Å². The maximum Gasteiger partial charge on any atom is 0.168 e. The van der Waals surface area contributed by atoms with Crippen LogP contribution in [-0.4, -0.2) is 22.0 Å². The average molecular weight is 526 g/mol. The van der Waals surface area contributed by atoms with Crippen molar-refractivity contribution in [1.82, 2.24) is 5.32 Å². The van der Waals surface area contributed by atoms with Crippen LogP contribution in [0, 0.1) is 12.8 Å². The summed E-state index contributed by atoms with van der Waals surface area (Å²) in [5, 5.41) is 23.9. The highest BCUT2D eigenvalue weighted by atomic mass is 79.9. The van der Waals surface area contributed by atoms with E-state index in [9.17, 15) is 15.0 Å². The zero-order valence-electron chi connectivity index (χ0n) is 16.3. The molecule has 0 radical (unpaired) electrons. The van der Waals surface area contributed by atoms with Gasteiger partial charge in [-0.1, -0.05) is 28.1 Å². The van der Waals surface area contributed by atoms with E-state index in [4.69, 9.17) is 5.73 Å². The number of halogens is 2. The summed E-state index contributed by atoms with van der Waals surface area (Å²) in [6.07, 6.45) is 2.04. The van der Waals surface area contributed by atoms with Gasteiger partial charge in [0.2, 0.25) is 0 Å². The first kappa shape index (κ1) is 22.3. The normalized spacial score (nSPS) is 20.4. The molecule has 1 aliphatic carbocycles. The maximum atomic E-state index is 12.8. The number of aromatic hydroxyl groups is 1. The number of hydrogen-bond acceptors (Lipinski definition) is 5. The van der Waals surface area contributed by atoms with Crippen LogP contribution < -0.4 is 11.1 Å². The number of carbonyl (C=O) groups excluding carboxylic acids is 1. The Morgan fingerprint density at radius 2 is 1.93 bits per heavy atom. The van der Waals surface area contributed by atoms with E-state index >= 15 is 0 Å². The number of benzene rings is 2. The summed E-state index contributed by atoms with van der Waals surface area (Å²) < 4.78 is 1.84. The molecule has 1 saturated carbocycles. The third kappa shape index (κ3) is 5.20. The number of aliphatic hydroxyl groups excluding tert-OH is 1. The highest BCUT2D eigenvalue weighted by molar-refractivity contribution is 9.11. The Hall–Kier alpha value is -1.41. The number of nitrogens with two attached hydrogens (primary N) is 1. The lowest BCUT2D eigenvalue weighted by Crippen LogP contribution is -2.36. The highest BCUT2D eigenvalue weighted by Crippen LogP contribution is 2.33. The van der Waals surface area contributed by atoms with E-state index in [-0.39, 0.29) is 17.5 Å². The van der Waals surface area contributed by atoms with Crippen LogP contribution in [0.3, 0.4) is 0 Å². The number of ketones is 1. The predicted molar refractivity (Wildman–Crippen MR) is 122 cm³/mol. The van der Waals surface area contributed by atoms with E-state index in [1.807, 2.05) is 12.1 Å². The van der Waals surface area contributed by atoms with Gasteiger partial charge in [-0.05, 0) is 83.4 Å². The number of nitrogens with one attached hydrogen (secondary N) is 1. The summed E-state index contributed by atoms with van der Waals surface area (Å²) in [6, 6.07) is 9.16. The van der Waals surface area contributed by atoms with Crippen molar-refractivity contribution in [2.75, 3.05) is 5.73 Å². The van der Waals surface area contributed by atoms with E-state index in [1.165, 1.54) is 0 Å². The first-order chi connectivity index (χ1) is 13.8. The average Bonchev–Trinajstić information content (AvgIpc) is 2.71. The van der Waals surface area contributed by atoms with Crippen LogP contribution in [0.15, 0.2) is 39.3 Å². The fraction of sp³-hybridized carbons (Fsp3) is 0.409. The van der Waals surface area contributed by atoms with Gasteiger partial charge in [0.1, 0.15) is 11.9 Å². The summed E-state index contributed by atoms with van der Waals surface area (Å²) in [6.45, 7) is 2.38. The molecule has 0 aromatic heterocycles. The van der Waals surface area contributed by atoms with Crippen LogP contribution in [0.2, 0.25) is 0 Å². The molecule has 0 heterocycles. The van der Waals surface area contributed by atoms with Gasteiger partial charge in [0.25, 0.3) is 0 Å². The van der Waals surface area contributed by atoms with Gasteiger partial charge in [-0.2, -0.15) is 0 Å². The molecule has 0 saturated heterocycles. The SMILES string of the molecule is Cc1c(O)cccc1C(O)C(=O)[C@H]1CC[C@H](NCc2cc(Br)cc(Br)c2N)CC1. The van der Waals surface area contributed by atoms with Crippen LogP contribution in [0.25, 0.3) is 0 Å². The predicted octanol–water partition coefficient (Wildman–Crippen LogP) is 4.76. The first-order valence-corrected chi connectivity index (χ1v) is 11.3. The number of nitrogen functional groups attached to an aromatic ring is 1. The van der Waals surface area contributed by atoms with E-state index < -0.39 is 6.10 Å². The van der Waals surface area contributed by atoms with Gasteiger partial charge in [0.15, 0.2) is 5.78 Å². The molecule has 1 unspecified atom stereocenters. The molecule has 3 rings (SSSR count).